The lowest BCUT2D eigenvalue weighted by molar-refractivity contribution is 0.0773. The summed E-state index contributed by atoms with van der Waals surface area (Å²) in [4.78, 5) is 19.8. The van der Waals surface area contributed by atoms with Gasteiger partial charge in [0, 0.05) is 49.6 Å². The Hall–Kier alpha value is -2.34. The van der Waals surface area contributed by atoms with Gasteiger partial charge in [-0.25, -0.2) is 0 Å². The Kier molecular flexibility index (Phi) is 8.33. The van der Waals surface area contributed by atoms with Gasteiger partial charge in [-0.3, -0.25) is 9.79 Å². The molecule has 1 amide bonds. The van der Waals surface area contributed by atoms with Crippen molar-refractivity contribution >= 4 is 23.2 Å². The van der Waals surface area contributed by atoms with Crippen LogP contribution in [-0.2, 0) is 6.54 Å². The maximum absolute atomic E-state index is 12.4. The second-order valence-corrected chi connectivity index (χ2v) is 7.38. The van der Waals surface area contributed by atoms with Crippen LogP contribution in [0, 0.1) is 0 Å². The number of hydrogen-bond donors (Lipinski definition) is 2. The molecule has 146 valence electrons. The molecule has 6 heteroatoms. The van der Waals surface area contributed by atoms with Gasteiger partial charge in [0.25, 0.3) is 5.91 Å². The van der Waals surface area contributed by atoms with Crippen LogP contribution in [0.1, 0.15) is 47.5 Å². The van der Waals surface area contributed by atoms with Crippen LogP contribution in [0.5, 0.6) is 0 Å². The molecule has 27 heavy (non-hydrogen) atoms. The van der Waals surface area contributed by atoms with E-state index in [1.807, 2.05) is 43.0 Å². The third-order valence-corrected chi connectivity index (χ3v) is 5.64. The zero-order chi connectivity index (χ0) is 19.6. The van der Waals surface area contributed by atoms with Crippen molar-refractivity contribution in [1.82, 2.24) is 15.5 Å². The van der Waals surface area contributed by atoms with E-state index >= 15 is 0 Å². The van der Waals surface area contributed by atoms with Crippen LogP contribution in [-0.4, -0.2) is 43.4 Å². The zero-order valence-corrected chi connectivity index (χ0v) is 17.5. The largest absolute Gasteiger partial charge is 0.356 e. The Labute approximate surface area is 166 Å². The molecule has 0 bridgehead atoms. The van der Waals surface area contributed by atoms with Crippen molar-refractivity contribution < 1.29 is 4.79 Å². The number of carbonyl (C=O) groups is 1. The third kappa shape index (κ3) is 6.10. The molecular weight excluding hydrogens is 356 g/mol. The molecule has 0 radical (unpaired) electrons. The molecule has 0 spiro atoms. The Morgan fingerprint density at radius 1 is 1.15 bits per heavy atom. The summed E-state index contributed by atoms with van der Waals surface area (Å²) >= 11 is 1.78. The van der Waals surface area contributed by atoms with Crippen molar-refractivity contribution in [1.29, 1.82) is 0 Å². The number of amides is 1. The van der Waals surface area contributed by atoms with Gasteiger partial charge in [-0.2, -0.15) is 0 Å². The average Bonchev–Trinajstić information content (AvgIpc) is 3.24. The topological polar surface area (TPSA) is 56.7 Å². The first-order chi connectivity index (χ1) is 13.1. The Balaban J connectivity index is 1.84. The first-order valence-corrected chi connectivity index (χ1v) is 10.3. The smallest absolute Gasteiger partial charge is 0.253 e. The minimum absolute atomic E-state index is 0.0829. The van der Waals surface area contributed by atoms with Crippen LogP contribution >= 0.6 is 11.3 Å². The van der Waals surface area contributed by atoms with Crippen LogP contribution in [0.3, 0.4) is 0 Å². The number of rotatable bonds is 8. The molecular formula is C21H30N4OS. The quantitative estimate of drug-likeness (QED) is 0.537. The summed E-state index contributed by atoms with van der Waals surface area (Å²) < 4.78 is 0. The highest BCUT2D eigenvalue weighted by atomic mass is 32.1. The molecule has 0 saturated heterocycles. The summed E-state index contributed by atoms with van der Waals surface area (Å²) in [5.74, 6) is 1.30. The van der Waals surface area contributed by atoms with Crippen LogP contribution in [0.25, 0.3) is 0 Å². The van der Waals surface area contributed by atoms with Crippen molar-refractivity contribution in [3.05, 3.63) is 57.8 Å². The standard InChI is InChI=1S/C21H30N4OS/c1-5-25(6-2)20(26)18-11-9-17(10-12-18)15-24-21(22-4)23-14-16(3)19-8-7-13-27-19/h7-13,16H,5-6,14-15H2,1-4H3,(H2,22,23,24). The number of guanidine groups is 1. The van der Waals surface area contributed by atoms with Gasteiger partial charge in [0.1, 0.15) is 0 Å². The molecule has 1 atom stereocenters. The van der Waals surface area contributed by atoms with Crippen LogP contribution in [0.4, 0.5) is 0 Å². The van der Waals surface area contributed by atoms with E-state index in [2.05, 4.69) is 40.1 Å². The molecule has 1 heterocycles. The SMILES string of the molecule is CCN(CC)C(=O)c1ccc(CNC(=NC)NCC(C)c2cccs2)cc1. The van der Waals surface area contributed by atoms with Gasteiger partial charge in [-0.15, -0.1) is 11.3 Å². The first-order valence-electron chi connectivity index (χ1n) is 9.45. The molecule has 0 aliphatic carbocycles. The molecule has 0 saturated carbocycles. The minimum atomic E-state index is 0.0829. The van der Waals surface area contributed by atoms with Crippen molar-refractivity contribution in [3.8, 4) is 0 Å². The minimum Gasteiger partial charge on any atom is -0.356 e. The van der Waals surface area contributed by atoms with Gasteiger partial charge in [0.05, 0.1) is 0 Å². The van der Waals surface area contributed by atoms with Gasteiger partial charge < -0.3 is 15.5 Å². The number of hydrogen-bond acceptors (Lipinski definition) is 3. The monoisotopic (exact) mass is 386 g/mol. The van der Waals surface area contributed by atoms with Crippen molar-refractivity contribution in [2.24, 2.45) is 4.99 Å². The van der Waals surface area contributed by atoms with E-state index in [4.69, 9.17) is 0 Å². The van der Waals surface area contributed by atoms with E-state index in [0.29, 0.717) is 12.5 Å². The summed E-state index contributed by atoms with van der Waals surface area (Å²) in [5.41, 5.74) is 1.84. The Morgan fingerprint density at radius 2 is 1.85 bits per heavy atom. The number of thiophene rings is 1. The maximum Gasteiger partial charge on any atom is 0.253 e. The van der Waals surface area contributed by atoms with Gasteiger partial charge in [-0.1, -0.05) is 25.1 Å². The number of nitrogens with one attached hydrogen (secondary N) is 2. The van der Waals surface area contributed by atoms with Gasteiger partial charge in [-0.05, 0) is 43.0 Å². The van der Waals surface area contributed by atoms with Crippen LogP contribution in [0.15, 0.2) is 46.8 Å². The fraction of sp³-hybridized carbons (Fsp3) is 0.429. The molecule has 2 aromatic rings. The molecule has 0 fully saturated rings. The molecule has 5 nitrogen and oxygen atoms in total. The fourth-order valence-electron chi connectivity index (χ4n) is 2.79. The first kappa shape index (κ1) is 21.0. The second kappa shape index (κ2) is 10.7. The number of aliphatic imine (C=N–C) groups is 1. The van der Waals surface area contributed by atoms with Gasteiger partial charge in [0.15, 0.2) is 5.96 Å². The van der Waals surface area contributed by atoms with Crippen LogP contribution in [0.2, 0.25) is 0 Å². The highest BCUT2D eigenvalue weighted by Gasteiger charge is 2.12. The summed E-state index contributed by atoms with van der Waals surface area (Å²) in [6, 6.07) is 12.0. The highest BCUT2D eigenvalue weighted by molar-refractivity contribution is 7.10. The van der Waals surface area contributed by atoms with Crippen molar-refractivity contribution in [3.63, 3.8) is 0 Å². The summed E-state index contributed by atoms with van der Waals surface area (Å²) in [6.45, 7) is 9.15. The van der Waals surface area contributed by atoms with Gasteiger partial charge >= 0.3 is 0 Å². The predicted molar refractivity (Wildman–Crippen MR) is 115 cm³/mol. The van der Waals surface area contributed by atoms with Crippen LogP contribution < -0.4 is 10.6 Å². The lowest BCUT2D eigenvalue weighted by Gasteiger charge is -2.19. The predicted octanol–water partition coefficient (Wildman–Crippen LogP) is 3.70. The third-order valence-electron chi connectivity index (χ3n) is 4.54. The maximum atomic E-state index is 12.4. The lowest BCUT2D eigenvalue weighted by atomic mass is 10.1. The number of carbonyl (C=O) groups excluding carboxylic acids is 1. The van der Waals surface area contributed by atoms with E-state index in [-0.39, 0.29) is 5.91 Å². The van der Waals surface area contributed by atoms with E-state index in [1.54, 1.807) is 18.4 Å². The summed E-state index contributed by atoms with van der Waals surface area (Å²) in [6.07, 6.45) is 0. The molecule has 2 N–H and O–H groups in total. The molecule has 0 aliphatic heterocycles. The Morgan fingerprint density at radius 3 is 2.41 bits per heavy atom. The Bertz CT molecular complexity index is 721. The van der Waals surface area contributed by atoms with Gasteiger partial charge in [0.2, 0.25) is 0 Å². The summed E-state index contributed by atoms with van der Waals surface area (Å²) in [5, 5.41) is 8.80. The molecule has 1 unspecified atom stereocenters. The second-order valence-electron chi connectivity index (χ2n) is 6.40. The number of benzene rings is 1. The van der Waals surface area contributed by atoms with E-state index in [1.165, 1.54) is 4.88 Å². The number of nitrogens with zero attached hydrogens (tertiary/aromatic N) is 2. The molecule has 0 aliphatic rings. The zero-order valence-electron chi connectivity index (χ0n) is 16.7. The highest BCUT2D eigenvalue weighted by Crippen LogP contribution is 2.19. The van der Waals surface area contributed by atoms with E-state index < -0.39 is 0 Å². The lowest BCUT2D eigenvalue weighted by Crippen LogP contribution is -2.38. The normalized spacial score (nSPS) is 12.5. The van der Waals surface area contributed by atoms with E-state index in [9.17, 15) is 4.79 Å². The van der Waals surface area contributed by atoms with Crippen molar-refractivity contribution in [2.75, 3.05) is 26.7 Å². The average molecular weight is 387 g/mol. The fourth-order valence-corrected chi connectivity index (χ4v) is 3.57. The molecule has 2 rings (SSSR count). The summed E-state index contributed by atoms with van der Waals surface area (Å²) in [7, 11) is 1.77. The van der Waals surface area contributed by atoms with E-state index in [0.717, 1.165) is 36.7 Å². The molecule has 1 aromatic carbocycles. The van der Waals surface area contributed by atoms with Crippen molar-refractivity contribution in [2.45, 2.75) is 33.2 Å². The molecule has 1 aromatic heterocycles.